The Bertz CT molecular complexity index is 684. The molecular weight excluding hydrogens is 288 g/mol. The molecule has 0 atom stereocenters. The first-order valence-electron chi connectivity index (χ1n) is 6.09. The van der Waals surface area contributed by atoms with Crippen LogP contribution in [-0.4, -0.2) is 23.1 Å². The number of benzene rings is 2. The number of phenolic OH excluding ortho intramolecular Hbond substituents is 1. The van der Waals surface area contributed by atoms with Gasteiger partial charge in [-0.15, -0.1) is 0 Å². The largest absolute Gasteiger partial charge is 0.507 e. The average molecular weight is 302 g/mol. The SMILES string of the molecule is COc1ccc(O)c(C(=O)Nc2ccc(C(N)=S)cc2)c1. The summed E-state index contributed by atoms with van der Waals surface area (Å²) in [7, 11) is 1.49. The van der Waals surface area contributed by atoms with Crippen molar-refractivity contribution in [3.8, 4) is 11.5 Å². The van der Waals surface area contributed by atoms with Crippen LogP contribution in [0.4, 0.5) is 5.69 Å². The van der Waals surface area contributed by atoms with E-state index in [1.165, 1.54) is 19.2 Å². The summed E-state index contributed by atoms with van der Waals surface area (Å²) in [4.78, 5) is 12.4. The van der Waals surface area contributed by atoms with Crippen LogP contribution in [0.5, 0.6) is 11.5 Å². The number of carbonyl (C=O) groups excluding carboxylic acids is 1. The summed E-state index contributed by atoms with van der Waals surface area (Å²) in [5, 5.41) is 12.4. The van der Waals surface area contributed by atoms with Gasteiger partial charge in [-0.05, 0) is 42.5 Å². The number of phenols is 1. The van der Waals surface area contributed by atoms with E-state index < -0.39 is 5.91 Å². The molecule has 0 aliphatic carbocycles. The van der Waals surface area contributed by atoms with Crippen molar-refractivity contribution in [2.24, 2.45) is 5.73 Å². The lowest BCUT2D eigenvalue weighted by molar-refractivity contribution is 0.102. The standard InChI is InChI=1S/C15H14N2O3S/c1-20-11-6-7-13(18)12(8-11)15(19)17-10-4-2-9(3-5-10)14(16)21/h2-8,18H,1H3,(H2,16,21)(H,17,19). The topological polar surface area (TPSA) is 84.6 Å². The number of thiocarbonyl (C=S) groups is 1. The maximum absolute atomic E-state index is 12.1. The minimum absolute atomic E-state index is 0.118. The number of hydrogen-bond donors (Lipinski definition) is 3. The summed E-state index contributed by atoms with van der Waals surface area (Å²) in [6.07, 6.45) is 0. The molecule has 0 radical (unpaired) electrons. The van der Waals surface area contributed by atoms with Crippen LogP contribution in [0.15, 0.2) is 42.5 Å². The molecule has 0 saturated heterocycles. The van der Waals surface area contributed by atoms with Gasteiger partial charge in [-0.2, -0.15) is 0 Å². The lowest BCUT2D eigenvalue weighted by atomic mass is 10.1. The predicted molar refractivity (Wildman–Crippen MR) is 84.9 cm³/mol. The molecule has 21 heavy (non-hydrogen) atoms. The minimum atomic E-state index is -0.436. The molecule has 2 aromatic rings. The van der Waals surface area contributed by atoms with Gasteiger partial charge in [0.15, 0.2) is 0 Å². The van der Waals surface area contributed by atoms with Gasteiger partial charge in [0.2, 0.25) is 0 Å². The molecule has 0 aliphatic heterocycles. The van der Waals surface area contributed by atoms with Crippen LogP contribution in [0.3, 0.4) is 0 Å². The summed E-state index contributed by atoms with van der Waals surface area (Å²) in [6.45, 7) is 0. The summed E-state index contributed by atoms with van der Waals surface area (Å²) in [5.41, 5.74) is 6.92. The summed E-state index contributed by atoms with van der Waals surface area (Å²) < 4.78 is 5.03. The molecule has 0 aliphatic rings. The molecule has 2 aromatic carbocycles. The first kappa shape index (κ1) is 14.8. The molecule has 6 heteroatoms. The molecule has 5 nitrogen and oxygen atoms in total. The van der Waals surface area contributed by atoms with Crippen molar-refractivity contribution >= 4 is 28.8 Å². The van der Waals surface area contributed by atoms with Crippen molar-refractivity contribution in [1.82, 2.24) is 0 Å². The smallest absolute Gasteiger partial charge is 0.259 e. The molecule has 0 fully saturated rings. The molecule has 0 bridgehead atoms. The predicted octanol–water partition coefficient (Wildman–Crippen LogP) is 2.29. The zero-order valence-electron chi connectivity index (χ0n) is 11.3. The number of aromatic hydroxyl groups is 1. The highest BCUT2D eigenvalue weighted by atomic mass is 32.1. The van der Waals surface area contributed by atoms with E-state index >= 15 is 0 Å². The number of hydrogen-bond acceptors (Lipinski definition) is 4. The van der Waals surface area contributed by atoms with Gasteiger partial charge in [0, 0.05) is 11.3 Å². The van der Waals surface area contributed by atoms with E-state index in [4.69, 9.17) is 22.7 Å². The Hall–Kier alpha value is -2.60. The third kappa shape index (κ3) is 3.49. The zero-order valence-corrected chi connectivity index (χ0v) is 12.1. The molecule has 0 unspecified atom stereocenters. The molecular formula is C15H14N2O3S. The lowest BCUT2D eigenvalue weighted by Gasteiger charge is -2.09. The highest BCUT2D eigenvalue weighted by molar-refractivity contribution is 7.80. The fourth-order valence-corrected chi connectivity index (χ4v) is 1.88. The van der Waals surface area contributed by atoms with Crippen LogP contribution in [0.1, 0.15) is 15.9 Å². The van der Waals surface area contributed by atoms with Gasteiger partial charge in [-0.1, -0.05) is 12.2 Å². The molecule has 0 saturated carbocycles. The number of ether oxygens (including phenoxy) is 1. The third-order valence-electron chi connectivity index (χ3n) is 2.88. The Labute approximate surface area is 127 Å². The molecule has 0 aromatic heterocycles. The molecule has 4 N–H and O–H groups in total. The van der Waals surface area contributed by atoms with Crippen molar-refractivity contribution < 1.29 is 14.6 Å². The van der Waals surface area contributed by atoms with E-state index in [2.05, 4.69) is 5.32 Å². The minimum Gasteiger partial charge on any atom is -0.507 e. The van der Waals surface area contributed by atoms with Crippen LogP contribution in [0, 0.1) is 0 Å². The highest BCUT2D eigenvalue weighted by Gasteiger charge is 2.12. The Balaban J connectivity index is 2.19. The second kappa shape index (κ2) is 6.23. The molecule has 0 spiro atoms. The molecule has 1 amide bonds. The summed E-state index contributed by atoms with van der Waals surface area (Å²) in [5.74, 6) is -0.0655. The first-order chi connectivity index (χ1) is 10.0. The van der Waals surface area contributed by atoms with Crippen molar-refractivity contribution in [3.63, 3.8) is 0 Å². The van der Waals surface area contributed by atoms with Crippen molar-refractivity contribution in [1.29, 1.82) is 0 Å². The van der Waals surface area contributed by atoms with E-state index in [0.717, 1.165) is 0 Å². The Morgan fingerprint density at radius 2 is 1.90 bits per heavy atom. The maximum Gasteiger partial charge on any atom is 0.259 e. The quantitative estimate of drug-likeness (QED) is 0.755. The van der Waals surface area contributed by atoms with E-state index in [1.807, 2.05) is 0 Å². The van der Waals surface area contributed by atoms with Crippen molar-refractivity contribution in [2.75, 3.05) is 12.4 Å². The summed E-state index contributed by atoms with van der Waals surface area (Å²) >= 11 is 4.86. The van der Waals surface area contributed by atoms with E-state index in [0.29, 0.717) is 22.0 Å². The normalized spacial score (nSPS) is 9.95. The number of amides is 1. The van der Waals surface area contributed by atoms with Crippen molar-refractivity contribution in [2.45, 2.75) is 0 Å². The average Bonchev–Trinajstić information content (AvgIpc) is 2.48. The van der Waals surface area contributed by atoms with E-state index in [1.54, 1.807) is 30.3 Å². The summed E-state index contributed by atoms with van der Waals surface area (Å²) in [6, 6.07) is 11.2. The molecule has 108 valence electrons. The van der Waals surface area contributed by atoms with Gasteiger partial charge in [0.05, 0.1) is 12.7 Å². The second-order valence-corrected chi connectivity index (χ2v) is 4.72. The first-order valence-corrected chi connectivity index (χ1v) is 6.50. The van der Waals surface area contributed by atoms with Gasteiger partial charge >= 0.3 is 0 Å². The van der Waals surface area contributed by atoms with Crippen LogP contribution in [0.25, 0.3) is 0 Å². The second-order valence-electron chi connectivity index (χ2n) is 4.28. The highest BCUT2D eigenvalue weighted by Crippen LogP contribution is 2.24. The lowest BCUT2D eigenvalue weighted by Crippen LogP contribution is -2.13. The van der Waals surface area contributed by atoms with E-state index in [9.17, 15) is 9.90 Å². The van der Waals surface area contributed by atoms with Gasteiger partial charge in [0.25, 0.3) is 5.91 Å². The Kier molecular flexibility index (Phi) is 4.39. The van der Waals surface area contributed by atoms with Crippen LogP contribution >= 0.6 is 12.2 Å². The fraction of sp³-hybridized carbons (Fsp3) is 0.0667. The fourth-order valence-electron chi connectivity index (χ4n) is 1.74. The van der Waals surface area contributed by atoms with Crippen LogP contribution in [-0.2, 0) is 0 Å². The van der Waals surface area contributed by atoms with Gasteiger partial charge in [-0.25, -0.2) is 0 Å². The Morgan fingerprint density at radius 1 is 1.24 bits per heavy atom. The van der Waals surface area contributed by atoms with E-state index in [-0.39, 0.29) is 11.3 Å². The third-order valence-corrected chi connectivity index (χ3v) is 3.11. The van der Waals surface area contributed by atoms with Crippen molar-refractivity contribution in [3.05, 3.63) is 53.6 Å². The maximum atomic E-state index is 12.1. The number of anilines is 1. The molecule has 2 rings (SSSR count). The number of carbonyl (C=O) groups is 1. The zero-order chi connectivity index (χ0) is 15.4. The number of rotatable bonds is 4. The number of nitrogens with two attached hydrogens (primary N) is 1. The van der Waals surface area contributed by atoms with Crippen LogP contribution < -0.4 is 15.8 Å². The number of methoxy groups -OCH3 is 1. The monoisotopic (exact) mass is 302 g/mol. The van der Waals surface area contributed by atoms with Gasteiger partial charge in [0.1, 0.15) is 16.5 Å². The van der Waals surface area contributed by atoms with Gasteiger partial charge < -0.3 is 20.9 Å². The van der Waals surface area contributed by atoms with Crippen LogP contribution in [0.2, 0.25) is 0 Å². The number of nitrogens with one attached hydrogen (secondary N) is 1. The molecule has 0 heterocycles. The Morgan fingerprint density at radius 3 is 2.48 bits per heavy atom. The van der Waals surface area contributed by atoms with Gasteiger partial charge in [-0.3, -0.25) is 4.79 Å².